The molecule has 3 aromatic rings. The van der Waals surface area contributed by atoms with E-state index in [1.807, 2.05) is 25.1 Å². The van der Waals surface area contributed by atoms with Gasteiger partial charge in [0.2, 0.25) is 5.95 Å². The molecular weight excluding hydrogens is 504 g/mol. The Kier molecular flexibility index (Phi) is 6.09. The van der Waals surface area contributed by atoms with Gasteiger partial charge in [-0.2, -0.15) is 4.98 Å². The molecular formula is C27H32N4O4SSi. The lowest BCUT2D eigenvalue weighted by Gasteiger charge is -2.29. The van der Waals surface area contributed by atoms with E-state index in [9.17, 15) is 18.3 Å². The number of pyridine rings is 1. The van der Waals surface area contributed by atoms with Crippen molar-refractivity contribution in [3.05, 3.63) is 57.0 Å². The van der Waals surface area contributed by atoms with Crippen molar-refractivity contribution < 1.29 is 13.5 Å². The lowest BCUT2D eigenvalue weighted by atomic mass is 9.98. The van der Waals surface area contributed by atoms with Gasteiger partial charge < -0.3 is 10.4 Å². The smallest absolute Gasteiger partial charge is 0.268 e. The molecule has 1 aliphatic heterocycles. The van der Waals surface area contributed by atoms with E-state index in [1.54, 1.807) is 17.7 Å². The molecule has 0 bridgehead atoms. The number of rotatable bonds is 3. The first kappa shape index (κ1) is 25.6. The number of nitrogens with one attached hydrogen (secondary N) is 1. The zero-order valence-electron chi connectivity index (χ0n) is 21.8. The van der Waals surface area contributed by atoms with Gasteiger partial charge in [-0.25, -0.2) is 13.4 Å². The number of fused-ring (bicyclic) bond motifs is 2. The summed E-state index contributed by atoms with van der Waals surface area (Å²) in [5.41, 5.74) is 5.90. The van der Waals surface area contributed by atoms with E-state index in [0.717, 1.165) is 23.1 Å². The van der Waals surface area contributed by atoms with Crippen LogP contribution in [-0.2, 0) is 21.3 Å². The lowest BCUT2D eigenvalue weighted by molar-refractivity contribution is 0.0266. The molecule has 5 rings (SSSR count). The Morgan fingerprint density at radius 1 is 1.22 bits per heavy atom. The van der Waals surface area contributed by atoms with Gasteiger partial charge in [0.05, 0.1) is 28.7 Å². The number of benzene rings is 1. The Morgan fingerprint density at radius 3 is 2.62 bits per heavy atom. The third kappa shape index (κ3) is 4.95. The fourth-order valence-electron chi connectivity index (χ4n) is 5.25. The Bertz CT molecular complexity index is 1660. The number of hydrogen-bond donors (Lipinski definition) is 2. The average molecular weight is 537 g/mol. The van der Waals surface area contributed by atoms with Crippen LogP contribution in [0.3, 0.4) is 0 Å². The Hall–Kier alpha value is -3.00. The maximum Gasteiger partial charge on any atom is 0.268 e. The van der Waals surface area contributed by atoms with E-state index in [-0.39, 0.29) is 17.1 Å². The van der Waals surface area contributed by atoms with Crippen LogP contribution < -0.4 is 10.9 Å². The fraction of sp³-hybridized carbons (Fsp3) is 0.444. The maximum atomic E-state index is 13.9. The lowest BCUT2D eigenvalue weighted by Crippen LogP contribution is -2.38. The SMILES string of the molecule is Cc1c(C#C[Si](C)(C)C)c(=O)n([C@@H]2CCC[C@@]2(C)O)c2nc(Nc3ccc4c(c3)CS(=O)(=O)C4)ncc12. The minimum Gasteiger partial charge on any atom is -0.388 e. The van der Waals surface area contributed by atoms with Gasteiger partial charge in [-0.1, -0.05) is 31.6 Å². The molecule has 2 N–H and O–H groups in total. The summed E-state index contributed by atoms with van der Waals surface area (Å²) in [4.78, 5) is 23.1. The minimum atomic E-state index is -3.11. The highest BCUT2D eigenvalue weighted by Crippen LogP contribution is 2.40. The van der Waals surface area contributed by atoms with E-state index >= 15 is 0 Å². The number of hydrogen-bond acceptors (Lipinski definition) is 7. The second kappa shape index (κ2) is 8.79. The van der Waals surface area contributed by atoms with Crippen molar-refractivity contribution in [2.45, 2.75) is 75.9 Å². The quantitative estimate of drug-likeness (QED) is 0.384. The molecule has 1 aliphatic carbocycles. The number of anilines is 2. The molecule has 37 heavy (non-hydrogen) atoms. The van der Waals surface area contributed by atoms with Crippen molar-refractivity contribution in [2.24, 2.45) is 0 Å². The molecule has 10 heteroatoms. The molecule has 2 atom stereocenters. The van der Waals surface area contributed by atoms with Crippen LogP contribution in [0.2, 0.25) is 19.6 Å². The highest BCUT2D eigenvalue weighted by Gasteiger charge is 2.40. The van der Waals surface area contributed by atoms with E-state index in [1.165, 1.54) is 0 Å². The van der Waals surface area contributed by atoms with Crippen LogP contribution in [0.15, 0.2) is 29.2 Å². The summed E-state index contributed by atoms with van der Waals surface area (Å²) in [5, 5.41) is 15.0. The van der Waals surface area contributed by atoms with Gasteiger partial charge in [0.15, 0.2) is 9.84 Å². The molecule has 0 amide bonds. The van der Waals surface area contributed by atoms with Crippen molar-refractivity contribution in [1.29, 1.82) is 0 Å². The van der Waals surface area contributed by atoms with Gasteiger partial charge in [-0.3, -0.25) is 9.36 Å². The molecule has 1 aromatic carbocycles. The summed E-state index contributed by atoms with van der Waals surface area (Å²) in [6.45, 7) is 10.0. The van der Waals surface area contributed by atoms with Crippen molar-refractivity contribution in [3.8, 4) is 11.5 Å². The number of sulfone groups is 1. The standard InChI is InChI=1S/C27H32N4O4SSi/c1-17-21(10-12-37(3,4)5)25(32)31(23-7-6-11-27(23,2)33)24-22(17)14-28-26(30-24)29-20-9-8-18-15-36(34,35)16-19(18)13-20/h8-9,13-14,23,33H,6-7,11,15-16H2,1-5H3,(H,28,29,30)/t23-,27-/m1/s1. The van der Waals surface area contributed by atoms with Crippen LogP contribution in [-0.4, -0.2) is 41.7 Å². The van der Waals surface area contributed by atoms with Crippen molar-refractivity contribution in [1.82, 2.24) is 14.5 Å². The third-order valence-electron chi connectivity index (χ3n) is 7.17. The van der Waals surface area contributed by atoms with E-state index in [0.29, 0.717) is 41.1 Å². The first-order chi connectivity index (χ1) is 17.2. The number of nitrogens with zero attached hydrogens (tertiary/aromatic N) is 3. The summed E-state index contributed by atoms with van der Waals surface area (Å²) in [5.74, 6) is 3.54. The van der Waals surface area contributed by atoms with Gasteiger partial charge in [0.1, 0.15) is 13.7 Å². The Labute approximate surface area is 218 Å². The van der Waals surface area contributed by atoms with Crippen molar-refractivity contribution >= 4 is 40.6 Å². The molecule has 0 radical (unpaired) electrons. The fourth-order valence-corrected chi connectivity index (χ4v) is 7.35. The molecule has 1 fully saturated rings. The predicted molar refractivity (Wildman–Crippen MR) is 148 cm³/mol. The molecule has 1 saturated carbocycles. The van der Waals surface area contributed by atoms with Gasteiger partial charge in [-0.05, 0) is 61.9 Å². The first-order valence-corrected chi connectivity index (χ1v) is 17.8. The van der Waals surface area contributed by atoms with Crippen LogP contribution in [0, 0.1) is 18.4 Å². The molecule has 0 saturated heterocycles. The van der Waals surface area contributed by atoms with Gasteiger partial charge in [0.25, 0.3) is 5.56 Å². The molecule has 0 spiro atoms. The molecule has 2 aromatic heterocycles. The summed E-state index contributed by atoms with van der Waals surface area (Å²) < 4.78 is 25.6. The van der Waals surface area contributed by atoms with E-state index in [4.69, 9.17) is 4.98 Å². The topological polar surface area (TPSA) is 114 Å². The zero-order valence-corrected chi connectivity index (χ0v) is 23.7. The summed E-state index contributed by atoms with van der Waals surface area (Å²) in [6.07, 6.45) is 3.77. The van der Waals surface area contributed by atoms with Crippen molar-refractivity contribution in [2.75, 3.05) is 5.32 Å². The minimum absolute atomic E-state index is 0.0210. The molecule has 3 heterocycles. The molecule has 2 aliphatic rings. The Balaban J connectivity index is 1.65. The molecule has 8 nitrogen and oxygen atoms in total. The van der Waals surface area contributed by atoms with Gasteiger partial charge >= 0.3 is 0 Å². The largest absolute Gasteiger partial charge is 0.388 e. The number of aryl methyl sites for hydroxylation is 1. The summed E-state index contributed by atoms with van der Waals surface area (Å²) in [6, 6.07) is 5.00. The summed E-state index contributed by atoms with van der Waals surface area (Å²) >= 11 is 0. The van der Waals surface area contributed by atoms with E-state index < -0.39 is 29.6 Å². The monoisotopic (exact) mass is 536 g/mol. The van der Waals surface area contributed by atoms with E-state index in [2.05, 4.69) is 41.4 Å². The van der Waals surface area contributed by atoms with Crippen molar-refractivity contribution in [3.63, 3.8) is 0 Å². The number of aromatic nitrogens is 3. The average Bonchev–Trinajstić information content (AvgIpc) is 3.29. The van der Waals surface area contributed by atoms with Crippen LogP contribution >= 0.6 is 0 Å². The van der Waals surface area contributed by atoms with Gasteiger partial charge in [0, 0.05) is 17.3 Å². The Morgan fingerprint density at radius 2 is 1.95 bits per heavy atom. The highest BCUT2D eigenvalue weighted by atomic mass is 32.2. The second-order valence-corrected chi connectivity index (χ2v) is 18.3. The van der Waals surface area contributed by atoms with Crippen LogP contribution in [0.1, 0.15) is 54.5 Å². The van der Waals surface area contributed by atoms with Crippen LogP contribution in [0.25, 0.3) is 11.0 Å². The normalized spacial score (nSPS) is 22.5. The second-order valence-electron chi connectivity index (χ2n) is 11.5. The van der Waals surface area contributed by atoms with Crippen LogP contribution in [0.5, 0.6) is 0 Å². The summed E-state index contributed by atoms with van der Waals surface area (Å²) in [7, 11) is -4.84. The molecule has 194 valence electrons. The molecule has 0 unspecified atom stereocenters. The van der Waals surface area contributed by atoms with Gasteiger partial charge in [-0.15, -0.1) is 5.54 Å². The van der Waals surface area contributed by atoms with Crippen LogP contribution in [0.4, 0.5) is 11.6 Å². The predicted octanol–water partition coefficient (Wildman–Crippen LogP) is 3.98. The third-order valence-corrected chi connectivity index (χ3v) is 9.55. The maximum absolute atomic E-state index is 13.9. The first-order valence-electron chi connectivity index (χ1n) is 12.5. The number of aliphatic hydroxyl groups is 1. The highest BCUT2D eigenvalue weighted by molar-refractivity contribution is 7.90. The zero-order chi connectivity index (χ0) is 26.8.